The molecular weight excluding hydrogens is 921 g/mol. The summed E-state index contributed by atoms with van der Waals surface area (Å²) in [5, 5.41) is 4.68. The number of benzene rings is 12. The van der Waals surface area contributed by atoms with Crippen molar-refractivity contribution >= 4 is 60.8 Å². The molecule has 14 aromatic rings. The van der Waals surface area contributed by atoms with Crippen LogP contribution in [0.2, 0.25) is 0 Å². The maximum Gasteiger partial charge on any atom is 0.136 e. The average molecular weight is 967 g/mol. The molecule has 0 amide bonds. The maximum absolute atomic E-state index is 6.34. The van der Waals surface area contributed by atoms with Crippen LogP contribution in [0, 0.1) is 0 Å². The molecule has 0 fully saturated rings. The van der Waals surface area contributed by atoms with Gasteiger partial charge in [-0.25, -0.2) is 0 Å². The van der Waals surface area contributed by atoms with Crippen molar-refractivity contribution in [2.75, 3.05) is 4.90 Å². The van der Waals surface area contributed by atoms with Crippen LogP contribution in [0.25, 0.3) is 105 Å². The van der Waals surface area contributed by atoms with Crippen LogP contribution in [-0.4, -0.2) is 4.57 Å². The minimum atomic E-state index is -0.520. The maximum atomic E-state index is 6.34. The summed E-state index contributed by atoms with van der Waals surface area (Å²) in [6.07, 6.45) is 0. The highest BCUT2D eigenvalue weighted by Gasteiger charge is 2.52. The van der Waals surface area contributed by atoms with E-state index in [1.54, 1.807) is 0 Å². The number of rotatable bonds is 7. The lowest BCUT2D eigenvalue weighted by molar-refractivity contribution is 0.669. The van der Waals surface area contributed by atoms with E-state index in [-0.39, 0.29) is 0 Å². The normalized spacial score (nSPS) is 14.1. The summed E-state index contributed by atoms with van der Waals surface area (Å²) in [6, 6.07) is 103. The van der Waals surface area contributed by atoms with Crippen LogP contribution < -0.4 is 4.90 Å². The van der Waals surface area contributed by atoms with Crippen molar-refractivity contribution in [1.82, 2.24) is 4.57 Å². The van der Waals surface area contributed by atoms with E-state index in [2.05, 4.69) is 282 Å². The van der Waals surface area contributed by atoms with E-state index < -0.39 is 5.41 Å². The molecule has 2 aliphatic rings. The first-order chi connectivity index (χ1) is 37.7. The van der Waals surface area contributed by atoms with Gasteiger partial charge in [0.05, 0.1) is 22.1 Å². The predicted octanol–water partition coefficient (Wildman–Crippen LogP) is 19.5. The molecule has 16 rings (SSSR count). The monoisotopic (exact) mass is 966 g/mol. The smallest absolute Gasteiger partial charge is 0.136 e. The minimum Gasteiger partial charge on any atom is -0.456 e. The van der Waals surface area contributed by atoms with Crippen LogP contribution >= 0.6 is 0 Å². The number of hydrogen-bond acceptors (Lipinski definition) is 2. The zero-order valence-corrected chi connectivity index (χ0v) is 41.4. The van der Waals surface area contributed by atoms with Gasteiger partial charge in [-0.2, -0.15) is 0 Å². The molecule has 1 unspecified atom stereocenters. The Morgan fingerprint density at radius 2 is 0.789 bits per heavy atom. The Morgan fingerprint density at radius 1 is 0.303 bits per heavy atom. The van der Waals surface area contributed by atoms with Gasteiger partial charge in [0.1, 0.15) is 11.2 Å². The van der Waals surface area contributed by atoms with E-state index >= 15 is 0 Å². The number of anilines is 3. The minimum absolute atomic E-state index is 0.520. The molecule has 2 aromatic heterocycles. The van der Waals surface area contributed by atoms with Crippen LogP contribution in [0.4, 0.5) is 17.1 Å². The Hall–Kier alpha value is -9.96. The number of nitrogens with zero attached hydrogens (tertiary/aromatic N) is 2. The van der Waals surface area contributed by atoms with Gasteiger partial charge in [-0.05, 0) is 133 Å². The van der Waals surface area contributed by atoms with Gasteiger partial charge in [-0.1, -0.05) is 218 Å². The van der Waals surface area contributed by atoms with Crippen LogP contribution in [-0.2, 0) is 5.41 Å². The third kappa shape index (κ3) is 6.05. The first kappa shape index (κ1) is 42.5. The van der Waals surface area contributed by atoms with Crippen molar-refractivity contribution < 1.29 is 4.42 Å². The Labute approximate surface area is 440 Å². The molecule has 0 N–H and O–H groups in total. The SMILES string of the molecule is c1ccc(-c2ccc(N(c3ccc(-c4cccc5oc6ccccc6c45)cc3)c3ccc4c5ccccc5n(-c5cccc6c5-c5ccccc5C65c6ccccc6-c6c(-c7ccccc7)cccc65)c4c3)cc2)cc1. The highest BCUT2D eigenvalue weighted by atomic mass is 16.3. The van der Waals surface area contributed by atoms with E-state index in [4.69, 9.17) is 4.42 Å². The lowest BCUT2D eigenvalue weighted by atomic mass is 9.70. The summed E-state index contributed by atoms with van der Waals surface area (Å²) in [4.78, 5) is 2.41. The molecule has 12 aromatic carbocycles. The van der Waals surface area contributed by atoms with E-state index in [0.717, 1.165) is 55.6 Å². The highest BCUT2D eigenvalue weighted by Crippen LogP contribution is 2.65. The fraction of sp³-hybridized carbons (Fsp3) is 0.0137. The number of para-hydroxylation sites is 2. The Kier molecular flexibility index (Phi) is 9.25. The van der Waals surface area contributed by atoms with Crippen molar-refractivity contribution in [2.45, 2.75) is 5.41 Å². The molecule has 354 valence electrons. The topological polar surface area (TPSA) is 21.3 Å². The van der Waals surface area contributed by atoms with Gasteiger partial charge in [0, 0.05) is 44.2 Å². The van der Waals surface area contributed by atoms with Crippen LogP contribution in [0.3, 0.4) is 0 Å². The molecular formula is C73H46N2O. The molecule has 76 heavy (non-hydrogen) atoms. The van der Waals surface area contributed by atoms with Gasteiger partial charge in [0.25, 0.3) is 0 Å². The fourth-order valence-electron chi connectivity index (χ4n) is 13.3. The van der Waals surface area contributed by atoms with E-state index in [1.807, 2.05) is 6.07 Å². The first-order valence-corrected chi connectivity index (χ1v) is 26.2. The Balaban J connectivity index is 0.908. The van der Waals surface area contributed by atoms with Crippen molar-refractivity contribution in [2.24, 2.45) is 0 Å². The zero-order chi connectivity index (χ0) is 49.9. The summed E-state index contributed by atoms with van der Waals surface area (Å²) >= 11 is 0. The number of furan rings is 1. The van der Waals surface area contributed by atoms with Gasteiger partial charge >= 0.3 is 0 Å². The molecule has 3 nitrogen and oxygen atoms in total. The van der Waals surface area contributed by atoms with E-state index in [9.17, 15) is 0 Å². The Bertz CT molecular complexity index is 4620. The summed E-state index contributed by atoms with van der Waals surface area (Å²) in [5.41, 5.74) is 25.5. The number of fused-ring (bicyclic) bond motifs is 16. The molecule has 0 saturated carbocycles. The van der Waals surface area contributed by atoms with Crippen molar-refractivity contribution in [3.05, 3.63) is 301 Å². The zero-order valence-electron chi connectivity index (χ0n) is 41.4. The summed E-state index contributed by atoms with van der Waals surface area (Å²) < 4.78 is 8.88. The second kappa shape index (κ2) is 16.5. The molecule has 0 aliphatic heterocycles. The lowest BCUT2D eigenvalue weighted by Crippen LogP contribution is -2.25. The summed E-state index contributed by atoms with van der Waals surface area (Å²) in [7, 11) is 0. The molecule has 1 atom stereocenters. The average Bonchev–Trinajstić information content (AvgIpc) is 4.08. The third-order valence-corrected chi connectivity index (χ3v) is 16.4. The van der Waals surface area contributed by atoms with Crippen LogP contribution in [0.15, 0.2) is 283 Å². The Morgan fingerprint density at radius 3 is 1.54 bits per heavy atom. The van der Waals surface area contributed by atoms with Gasteiger partial charge in [0.15, 0.2) is 0 Å². The van der Waals surface area contributed by atoms with Gasteiger partial charge in [0.2, 0.25) is 0 Å². The van der Waals surface area contributed by atoms with E-state index in [1.165, 1.54) is 88.7 Å². The van der Waals surface area contributed by atoms with Crippen molar-refractivity contribution in [1.29, 1.82) is 0 Å². The summed E-state index contributed by atoms with van der Waals surface area (Å²) in [5.74, 6) is 0. The first-order valence-electron chi connectivity index (χ1n) is 26.2. The molecule has 2 aliphatic carbocycles. The number of hydrogen-bond donors (Lipinski definition) is 0. The highest BCUT2D eigenvalue weighted by molar-refractivity contribution is 6.14. The second-order valence-electron chi connectivity index (χ2n) is 20.3. The molecule has 0 bridgehead atoms. The molecule has 1 spiro atoms. The standard InChI is InChI=1S/C73H46N2O/c1-3-18-47(19-4-1)48-36-40-51(41-37-48)74(52-42-38-50(39-43-52)55-27-16-35-69-71(55)60-25-10-14-34-68(60)76-69)53-44-45-57-56-22-9-13-32-65(56)75(67(57)46-53)66-33-17-31-64-72(66)59-24-8-12-29-62(59)73(64)61-28-11-7-23-58(61)70-54(26-15-30-63(70)73)49-20-5-2-6-21-49/h1-46H. The lowest BCUT2D eigenvalue weighted by Gasteiger charge is -2.30. The molecule has 3 heteroatoms. The molecule has 0 radical (unpaired) electrons. The largest absolute Gasteiger partial charge is 0.456 e. The second-order valence-corrected chi connectivity index (χ2v) is 20.3. The molecule has 2 heterocycles. The van der Waals surface area contributed by atoms with Gasteiger partial charge < -0.3 is 13.9 Å². The fourth-order valence-corrected chi connectivity index (χ4v) is 13.3. The van der Waals surface area contributed by atoms with Gasteiger partial charge in [-0.15, -0.1) is 0 Å². The third-order valence-electron chi connectivity index (χ3n) is 16.4. The summed E-state index contributed by atoms with van der Waals surface area (Å²) in [6.45, 7) is 0. The van der Waals surface area contributed by atoms with Crippen molar-refractivity contribution in [3.63, 3.8) is 0 Å². The predicted molar refractivity (Wildman–Crippen MR) is 315 cm³/mol. The van der Waals surface area contributed by atoms with E-state index in [0.29, 0.717) is 0 Å². The molecule has 0 saturated heterocycles. The van der Waals surface area contributed by atoms with Crippen molar-refractivity contribution in [3.8, 4) is 61.3 Å². The number of aromatic nitrogens is 1. The quantitative estimate of drug-likeness (QED) is 0.159. The van der Waals surface area contributed by atoms with Gasteiger partial charge in [-0.3, -0.25) is 0 Å². The van der Waals surface area contributed by atoms with Crippen LogP contribution in [0.5, 0.6) is 0 Å². The van der Waals surface area contributed by atoms with Crippen LogP contribution in [0.1, 0.15) is 22.3 Å².